The van der Waals surface area contributed by atoms with Gasteiger partial charge in [0, 0.05) is 6.54 Å². The van der Waals surface area contributed by atoms with Gasteiger partial charge in [-0.25, -0.2) is 0 Å². The Morgan fingerprint density at radius 1 is 1.33 bits per heavy atom. The Balaban J connectivity index is 3.19. The number of rotatable bonds is 9. The predicted octanol–water partition coefficient (Wildman–Crippen LogP) is 1.49. The fraction of sp³-hybridized carbons (Fsp3) is 0.909. The molecule has 90 valence electrons. The van der Waals surface area contributed by atoms with Crippen LogP contribution in [0, 0.1) is 5.92 Å². The summed E-state index contributed by atoms with van der Waals surface area (Å²) in [6.07, 6.45) is 2.19. The zero-order valence-corrected chi connectivity index (χ0v) is 11.0. The molecule has 0 spiro atoms. The Labute approximate surface area is 97.8 Å². The first-order chi connectivity index (χ1) is 7.16. The molecule has 1 amide bonds. The summed E-state index contributed by atoms with van der Waals surface area (Å²) in [4.78, 5) is 11.3. The Hall–Kier alpha value is -0.220. The minimum Gasteiger partial charge on any atom is -0.355 e. The van der Waals surface area contributed by atoms with Gasteiger partial charge in [-0.15, -0.1) is 0 Å². The van der Waals surface area contributed by atoms with Crippen LogP contribution in [0.2, 0.25) is 0 Å². The summed E-state index contributed by atoms with van der Waals surface area (Å²) in [5.74, 6) is 2.59. The van der Waals surface area contributed by atoms with Crippen molar-refractivity contribution in [2.24, 2.45) is 5.92 Å². The molecule has 0 heterocycles. The third kappa shape index (κ3) is 11.7. The first-order valence-electron chi connectivity index (χ1n) is 5.66. The fourth-order valence-corrected chi connectivity index (χ4v) is 2.10. The zero-order valence-electron chi connectivity index (χ0n) is 10.1. The highest BCUT2D eigenvalue weighted by atomic mass is 32.2. The van der Waals surface area contributed by atoms with Gasteiger partial charge in [-0.3, -0.25) is 4.79 Å². The molecule has 0 aromatic carbocycles. The van der Waals surface area contributed by atoms with Gasteiger partial charge in [-0.2, -0.15) is 11.8 Å². The van der Waals surface area contributed by atoms with Gasteiger partial charge in [0.25, 0.3) is 0 Å². The molecule has 15 heavy (non-hydrogen) atoms. The number of hydrogen-bond donors (Lipinski definition) is 2. The summed E-state index contributed by atoms with van der Waals surface area (Å²) in [7, 11) is 1.92. The number of thioether (sulfide) groups is 1. The molecule has 2 N–H and O–H groups in total. The number of carbonyl (C=O) groups is 1. The first-order valence-corrected chi connectivity index (χ1v) is 6.81. The molecule has 0 rings (SSSR count). The van der Waals surface area contributed by atoms with Gasteiger partial charge in [0.15, 0.2) is 0 Å². The van der Waals surface area contributed by atoms with E-state index in [1.165, 1.54) is 6.42 Å². The number of hydrogen-bond acceptors (Lipinski definition) is 3. The van der Waals surface area contributed by atoms with E-state index in [0.717, 1.165) is 31.2 Å². The van der Waals surface area contributed by atoms with Crippen molar-refractivity contribution in [3.8, 4) is 0 Å². The topological polar surface area (TPSA) is 41.1 Å². The van der Waals surface area contributed by atoms with Crippen LogP contribution < -0.4 is 10.6 Å². The van der Waals surface area contributed by atoms with E-state index in [9.17, 15) is 4.79 Å². The summed E-state index contributed by atoms with van der Waals surface area (Å²) in [5.41, 5.74) is 0. The van der Waals surface area contributed by atoms with Crippen molar-refractivity contribution in [1.29, 1.82) is 0 Å². The van der Waals surface area contributed by atoms with Crippen LogP contribution in [0.1, 0.15) is 26.7 Å². The minimum absolute atomic E-state index is 0.167. The van der Waals surface area contributed by atoms with E-state index in [0.29, 0.717) is 5.75 Å². The van der Waals surface area contributed by atoms with E-state index in [2.05, 4.69) is 24.5 Å². The highest BCUT2D eigenvalue weighted by Crippen LogP contribution is 2.07. The van der Waals surface area contributed by atoms with Crippen LogP contribution in [0.4, 0.5) is 0 Å². The third-order valence-corrected chi connectivity index (χ3v) is 2.99. The van der Waals surface area contributed by atoms with Crippen LogP contribution in [0.5, 0.6) is 0 Å². The van der Waals surface area contributed by atoms with Gasteiger partial charge in [-0.1, -0.05) is 13.8 Å². The largest absolute Gasteiger partial charge is 0.355 e. The van der Waals surface area contributed by atoms with Crippen molar-refractivity contribution < 1.29 is 4.79 Å². The standard InChI is InChI=1S/C11H24N2OS/c1-10(2)5-8-15-9-11(14)13-7-4-6-12-3/h10,12H,4-9H2,1-3H3,(H,13,14). The predicted molar refractivity (Wildman–Crippen MR) is 68.3 cm³/mol. The molecule has 0 aliphatic carbocycles. The second-order valence-corrected chi connectivity index (χ2v) is 5.15. The van der Waals surface area contributed by atoms with E-state index in [1.807, 2.05) is 7.05 Å². The average Bonchev–Trinajstić information content (AvgIpc) is 2.19. The lowest BCUT2D eigenvalue weighted by atomic mass is 10.2. The molecule has 0 radical (unpaired) electrons. The monoisotopic (exact) mass is 232 g/mol. The van der Waals surface area contributed by atoms with Crippen molar-refractivity contribution in [2.45, 2.75) is 26.7 Å². The highest BCUT2D eigenvalue weighted by Gasteiger charge is 2.01. The third-order valence-electron chi connectivity index (χ3n) is 2.00. The second-order valence-electron chi connectivity index (χ2n) is 4.04. The summed E-state index contributed by atoms with van der Waals surface area (Å²) in [6, 6.07) is 0. The summed E-state index contributed by atoms with van der Waals surface area (Å²) < 4.78 is 0. The second kappa shape index (κ2) is 10.3. The maximum absolute atomic E-state index is 11.3. The van der Waals surface area contributed by atoms with Gasteiger partial charge < -0.3 is 10.6 Å². The molecule has 0 aliphatic rings. The van der Waals surface area contributed by atoms with Crippen LogP contribution >= 0.6 is 11.8 Å². The van der Waals surface area contributed by atoms with E-state index < -0.39 is 0 Å². The number of carbonyl (C=O) groups excluding carboxylic acids is 1. The van der Waals surface area contributed by atoms with Crippen molar-refractivity contribution >= 4 is 17.7 Å². The SMILES string of the molecule is CNCCCNC(=O)CSCCC(C)C. The van der Waals surface area contributed by atoms with Crippen LogP contribution in [-0.2, 0) is 4.79 Å². The molecule has 0 bridgehead atoms. The summed E-state index contributed by atoms with van der Waals surface area (Å²) in [6.45, 7) is 6.15. The average molecular weight is 232 g/mol. The molecule has 0 aromatic rings. The zero-order chi connectivity index (χ0) is 11.5. The van der Waals surface area contributed by atoms with Crippen LogP contribution in [0.25, 0.3) is 0 Å². The van der Waals surface area contributed by atoms with E-state index in [4.69, 9.17) is 0 Å². The first kappa shape index (κ1) is 14.8. The lowest BCUT2D eigenvalue weighted by molar-refractivity contribution is -0.118. The van der Waals surface area contributed by atoms with Crippen molar-refractivity contribution in [2.75, 3.05) is 31.6 Å². The summed E-state index contributed by atoms with van der Waals surface area (Å²) >= 11 is 1.73. The van der Waals surface area contributed by atoms with Gasteiger partial charge in [0.1, 0.15) is 0 Å². The van der Waals surface area contributed by atoms with E-state index >= 15 is 0 Å². The lowest BCUT2D eigenvalue weighted by Gasteiger charge is -2.06. The lowest BCUT2D eigenvalue weighted by Crippen LogP contribution is -2.28. The normalized spacial score (nSPS) is 10.7. The molecule has 0 aromatic heterocycles. The molecule has 0 fully saturated rings. The Morgan fingerprint density at radius 3 is 2.67 bits per heavy atom. The molecule has 0 saturated heterocycles. The molecule has 0 aliphatic heterocycles. The van der Waals surface area contributed by atoms with E-state index in [-0.39, 0.29) is 5.91 Å². The summed E-state index contributed by atoms with van der Waals surface area (Å²) in [5, 5.41) is 5.96. The van der Waals surface area contributed by atoms with Crippen molar-refractivity contribution in [1.82, 2.24) is 10.6 Å². The van der Waals surface area contributed by atoms with Crippen LogP contribution in [0.3, 0.4) is 0 Å². The number of nitrogens with one attached hydrogen (secondary N) is 2. The van der Waals surface area contributed by atoms with Crippen molar-refractivity contribution in [3.05, 3.63) is 0 Å². The molecule has 3 nitrogen and oxygen atoms in total. The van der Waals surface area contributed by atoms with Gasteiger partial charge >= 0.3 is 0 Å². The number of amides is 1. The Morgan fingerprint density at radius 2 is 2.07 bits per heavy atom. The van der Waals surface area contributed by atoms with Gasteiger partial charge in [0.05, 0.1) is 5.75 Å². The maximum atomic E-state index is 11.3. The molecular formula is C11H24N2OS. The Bertz CT molecular complexity index is 163. The molecule has 0 saturated carbocycles. The highest BCUT2D eigenvalue weighted by molar-refractivity contribution is 7.99. The van der Waals surface area contributed by atoms with Crippen LogP contribution in [0.15, 0.2) is 0 Å². The van der Waals surface area contributed by atoms with E-state index in [1.54, 1.807) is 11.8 Å². The molecule has 4 heteroatoms. The smallest absolute Gasteiger partial charge is 0.229 e. The fourth-order valence-electron chi connectivity index (χ4n) is 1.03. The Kier molecular flexibility index (Phi) is 10.2. The minimum atomic E-state index is 0.167. The molecule has 0 unspecified atom stereocenters. The van der Waals surface area contributed by atoms with Gasteiger partial charge in [-0.05, 0) is 38.1 Å². The van der Waals surface area contributed by atoms with Gasteiger partial charge in [0.2, 0.25) is 5.91 Å². The van der Waals surface area contributed by atoms with Crippen molar-refractivity contribution in [3.63, 3.8) is 0 Å². The molecular weight excluding hydrogens is 208 g/mol. The molecule has 0 atom stereocenters. The van der Waals surface area contributed by atoms with Crippen LogP contribution in [-0.4, -0.2) is 37.6 Å². The quantitative estimate of drug-likeness (QED) is 0.592. The maximum Gasteiger partial charge on any atom is 0.229 e.